The summed E-state index contributed by atoms with van der Waals surface area (Å²) in [6, 6.07) is 7.66. The number of hydrogen-bond acceptors (Lipinski definition) is 4. The third kappa shape index (κ3) is 4.21. The highest BCUT2D eigenvalue weighted by atomic mass is 32.2. The van der Waals surface area contributed by atoms with Crippen LogP contribution in [0.2, 0.25) is 0 Å². The van der Waals surface area contributed by atoms with Gasteiger partial charge in [0.1, 0.15) is 22.2 Å². The number of aliphatic hydroxyl groups is 1. The first kappa shape index (κ1) is 14.3. The average molecular weight is 284 g/mol. The fourth-order valence-corrected chi connectivity index (χ4v) is 3.84. The minimum Gasteiger partial charge on any atom is -0.491 e. The van der Waals surface area contributed by atoms with Crippen LogP contribution < -0.4 is 4.74 Å². The number of rotatable bonds is 4. The Morgan fingerprint density at radius 3 is 2.68 bits per heavy atom. The minimum atomic E-state index is -2.87. The molecule has 1 aromatic rings. The number of ether oxygens (including phenoxy) is 1. The van der Waals surface area contributed by atoms with Crippen LogP contribution in [0.5, 0.6) is 5.75 Å². The third-order valence-electron chi connectivity index (χ3n) is 3.55. The van der Waals surface area contributed by atoms with Gasteiger partial charge in [0.05, 0.1) is 17.6 Å². The monoisotopic (exact) mass is 284 g/mol. The highest BCUT2D eigenvalue weighted by Gasteiger charge is 2.28. The van der Waals surface area contributed by atoms with Crippen molar-refractivity contribution < 1.29 is 18.3 Å². The number of aliphatic hydroxyl groups excluding tert-OH is 1. The Balaban J connectivity index is 1.83. The molecule has 0 saturated carbocycles. The summed E-state index contributed by atoms with van der Waals surface area (Å²) in [7, 11) is -2.87. The Morgan fingerprint density at radius 1 is 1.37 bits per heavy atom. The number of sulfone groups is 1. The maximum absolute atomic E-state index is 11.3. The molecule has 1 N–H and O–H groups in total. The lowest BCUT2D eigenvalue weighted by atomic mass is 9.96. The second-order valence-corrected chi connectivity index (χ2v) is 7.49. The molecular formula is C14H20O4S. The summed E-state index contributed by atoms with van der Waals surface area (Å²) in [5, 5.41) is 10.1. The van der Waals surface area contributed by atoms with E-state index < -0.39 is 15.9 Å². The average Bonchev–Trinajstić information content (AvgIpc) is 2.36. The lowest BCUT2D eigenvalue weighted by Gasteiger charge is -2.26. The molecule has 1 unspecified atom stereocenters. The van der Waals surface area contributed by atoms with Crippen LogP contribution in [0, 0.1) is 12.8 Å². The third-order valence-corrected chi connectivity index (χ3v) is 5.27. The molecule has 2 rings (SSSR count). The van der Waals surface area contributed by atoms with Gasteiger partial charge in [-0.2, -0.15) is 0 Å². The van der Waals surface area contributed by atoms with Gasteiger partial charge in [-0.15, -0.1) is 0 Å². The summed E-state index contributed by atoms with van der Waals surface area (Å²) in [5.41, 5.74) is 1.11. The van der Waals surface area contributed by atoms with Crippen molar-refractivity contribution in [2.45, 2.75) is 25.9 Å². The SMILES string of the molecule is Cc1cccc(OCC(O)C2CCS(=O)(=O)CC2)c1. The lowest BCUT2D eigenvalue weighted by molar-refractivity contribution is 0.0528. The topological polar surface area (TPSA) is 63.6 Å². The van der Waals surface area contributed by atoms with Crippen molar-refractivity contribution in [2.75, 3.05) is 18.1 Å². The lowest BCUT2D eigenvalue weighted by Crippen LogP contribution is -2.34. The van der Waals surface area contributed by atoms with Crippen LogP contribution in [0.3, 0.4) is 0 Å². The van der Waals surface area contributed by atoms with Gasteiger partial charge in [0.15, 0.2) is 0 Å². The van der Waals surface area contributed by atoms with Crippen molar-refractivity contribution in [3.8, 4) is 5.75 Å². The van der Waals surface area contributed by atoms with Crippen molar-refractivity contribution in [2.24, 2.45) is 5.92 Å². The van der Waals surface area contributed by atoms with E-state index in [2.05, 4.69) is 0 Å². The van der Waals surface area contributed by atoms with Crippen molar-refractivity contribution in [1.82, 2.24) is 0 Å². The summed E-state index contributed by atoms with van der Waals surface area (Å²) in [5.74, 6) is 1.12. The zero-order chi connectivity index (χ0) is 13.9. The Bertz CT molecular complexity index is 510. The molecule has 0 spiro atoms. The van der Waals surface area contributed by atoms with Gasteiger partial charge in [-0.1, -0.05) is 12.1 Å². The van der Waals surface area contributed by atoms with Crippen molar-refractivity contribution >= 4 is 9.84 Å². The molecule has 1 aliphatic heterocycles. The van der Waals surface area contributed by atoms with Gasteiger partial charge < -0.3 is 9.84 Å². The predicted molar refractivity (Wildman–Crippen MR) is 74.1 cm³/mol. The van der Waals surface area contributed by atoms with Crippen molar-refractivity contribution in [3.63, 3.8) is 0 Å². The molecule has 1 saturated heterocycles. The molecule has 1 fully saturated rings. The molecule has 106 valence electrons. The summed E-state index contributed by atoms with van der Waals surface area (Å²) in [6.45, 7) is 2.20. The second-order valence-electron chi connectivity index (χ2n) is 5.18. The van der Waals surface area contributed by atoms with Gasteiger partial charge in [0, 0.05) is 0 Å². The highest BCUT2D eigenvalue weighted by Crippen LogP contribution is 2.23. The molecule has 1 atom stereocenters. The van der Waals surface area contributed by atoms with Crippen LogP contribution in [0.25, 0.3) is 0 Å². The van der Waals surface area contributed by atoms with Gasteiger partial charge >= 0.3 is 0 Å². The fraction of sp³-hybridized carbons (Fsp3) is 0.571. The van der Waals surface area contributed by atoms with E-state index in [-0.39, 0.29) is 24.0 Å². The van der Waals surface area contributed by atoms with Crippen LogP contribution >= 0.6 is 0 Å². The van der Waals surface area contributed by atoms with Gasteiger partial charge in [-0.05, 0) is 43.4 Å². The zero-order valence-electron chi connectivity index (χ0n) is 11.1. The summed E-state index contributed by atoms with van der Waals surface area (Å²) < 4.78 is 28.2. The van der Waals surface area contributed by atoms with E-state index in [0.29, 0.717) is 12.8 Å². The maximum atomic E-state index is 11.3. The van der Waals surface area contributed by atoms with Crippen molar-refractivity contribution in [3.05, 3.63) is 29.8 Å². The van der Waals surface area contributed by atoms with Gasteiger partial charge in [-0.25, -0.2) is 8.42 Å². The molecule has 0 amide bonds. The Hall–Kier alpha value is -1.07. The molecule has 19 heavy (non-hydrogen) atoms. The van der Waals surface area contributed by atoms with Crippen LogP contribution in [0.15, 0.2) is 24.3 Å². The van der Waals surface area contributed by atoms with Crippen LogP contribution in [-0.4, -0.2) is 37.7 Å². The fourth-order valence-electron chi connectivity index (χ4n) is 2.32. The standard InChI is InChI=1S/C14H20O4S/c1-11-3-2-4-13(9-11)18-10-14(15)12-5-7-19(16,17)8-6-12/h2-4,9,12,14-15H,5-8,10H2,1H3. The Morgan fingerprint density at radius 2 is 2.05 bits per heavy atom. The molecule has 4 nitrogen and oxygen atoms in total. The number of hydrogen-bond donors (Lipinski definition) is 1. The first-order valence-electron chi connectivity index (χ1n) is 6.54. The van der Waals surface area contributed by atoms with E-state index >= 15 is 0 Å². The summed E-state index contributed by atoms with van der Waals surface area (Å²) in [6.07, 6.45) is 0.456. The van der Waals surface area contributed by atoms with E-state index in [0.717, 1.165) is 11.3 Å². The highest BCUT2D eigenvalue weighted by molar-refractivity contribution is 7.91. The molecule has 0 aliphatic carbocycles. The van der Waals surface area contributed by atoms with E-state index in [1.165, 1.54) is 0 Å². The number of benzene rings is 1. The molecule has 5 heteroatoms. The second kappa shape index (κ2) is 5.92. The first-order chi connectivity index (χ1) is 8.96. The minimum absolute atomic E-state index is 0.0216. The molecule has 1 heterocycles. The van der Waals surface area contributed by atoms with E-state index in [1.54, 1.807) is 0 Å². The quantitative estimate of drug-likeness (QED) is 0.911. The van der Waals surface area contributed by atoms with Gasteiger partial charge in [-0.3, -0.25) is 0 Å². The van der Waals surface area contributed by atoms with E-state index in [1.807, 2.05) is 31.2 Å². The predicted octanol–water partition coefficient (Wildman–Crippen LogP) is 1.56. The molecule has 0 bridgehead atoms. The summed E-state index contributed by atoms with van der Waals surface area (Å²) in [4.78, 5) is 0. The molecule has 1 aromatic carbocycles. The first-order valence-corrected chi connectivity index (χ1v) is 8.36. The van der Waals surface area contributed by atoms with E-state index in [9.17, 15) is 13.5 Å². The molecular weight excluding hydrogens is 264 g/mol. The Kier molecular flexibility index (Phi) is 4.47. The smallest absolute Gasteiger partial charge is 0.150 e. The van der Waals surface area contributed by atoms with Crippen molar-refractivity contribution in [1.29, 1.82) is 0 Å². The molecule has 0 aromatic heterocycles. The van der Waals surface area contributed by atoms with Crippen LogP contribution in [0.4, 0.5) is 0 Å². The van der Waals surface area contributed by atoms with E-state index in [4.69, 9.17) is 4.74 Å². The maximum Gasteiger partial charge on any atom is 0.150 e. The number of aryl methyl sites for hydroxylation is 1. The van der Waals surface area contributed by atoms with Gasteiger partial charge in [0.2, 0.25) is 0 Å². The summed E-state index contributed by atoms with van der Waals surface area (Å²) >= 11 is 0. The molecule has 1 aliphatic rings. The Labute approximate surface area is 114 Å². The van der Waals surface area contributed by atoms with Crippen LogP contribution in [0.1, 0.15) is 18.4 Å². The normalized spacial score (nSPS) is 20.9. The zero-order valence-corrected chi connectivity index (χ0v) is 11.9. The largest absolute Gasteiger partial charge is 0.491 e. The van der Waals surface area contributed by atoms with Gasteiger partial charge in [0.25, 0.3) is 0 Å². The molecule has 0 radical (unpaired) electrons. The van der Waals surface area contributed by atoms with Crippen LogP contribution in [-0.2, 0) is 9.84 Å².